The summed E-state index contributed by atoms with van der Waals surface area (Å²) in [4.78, 5) is 13.6. The summed E-state index contributed by atoms with van der Waals surface area (Å²) in [6, 6.07) is 5.29. The van der Waals surface area contributed by atoms with Gasteiger partial charge in [0, 0.05) is 19.2 Å². The fourth-order valence-electron chi connectivity index (χ4n) is 1.63. The van der Waals surface area contributed by atoms with Crippen molar-refractivity contribution in [1.29, 1.82) is 0 Å². The van der Waals surface area contributed by atoms with Crippen LogP contribution in [0.5, 0.6) is 5.75 Å². The lowest BCUT2D eigenvalue weighted by molar-refractivity contribution is -0.128. The Morgan fingerprint density at radius 1 is 1.39 bits per heavy atom. The molecule has 0 heterocycles. The normalized spacial score (nSPS) is 10.0. The molecule has 0 saturated heterocycles. The Labute approximate surface area is 113 Å². The van der Waals surface area contributed by atoms with Crippen molar-refractivity contribution in [2.24, 2.45) is 0 Å². The number of halogens is 1. The second-order valence-electron chi connectivity index (χ2n) is 3.77. The number of ether oxygens (including phenoxy) is 1. The largest absolute Gasteiger partial charge is 0.497 e. The van der Waals surface area contributed by atoms with E-state index in [9.17, 15) is 4.79 Å². The first-order valence-corrected chi connectivity index (χ1v) is 6.35. The molecule has 0 radical (unpaired) electrons. The van der Waals surface area contributed by atoms with Gasteiger partial charge in [-0.25, -0.2) is 0 Å². The SMILES string of the molecule is CCN(CC)C(=O)CNc1cc(OC)ccc1Cl. The summed E-state index contributed by atoms with van der Waals surface area (Å²) in [6.07, 6.45) is 0. The van der Waals surface area contributed by atoms with Crippen molar-refractivity contribution >= 4 is 23.2 Å². The number of hydrogen-bond acceptors (Lipinski definition) is 3. The van der Waals surface area contributed by atoms with Gasteiger partial charge in [0.25, 0.3) is 0 Å². The van der Waals surface area contributed by atoms with Crippen LogP contribution < -0.4 is 10.1 Å². The summed E-state index contributed by atoms with van der Waals surface area (Å²) in [5.74, 6) is 0.760. The minimum Gasteiger partial charge on any atom is -0.497 e. The van der Waals surface area contributed by atoms with Gasteiger partial charge in [-0.2, -0.15) is 0 Å². The number of amides is 1. The van der Waals surface area contributed by atoms with Crippen molar-refractivity contribution in [3.63, 3.8) is 0 Å². The zero-order valence-corrected chi connectivity index (χ0v) is 11.8. The topological polar surface area (TPSA) is 41.6 Å². The fourth-order valence-corrected chi connectivity index (χ4v) is 1.81. The van der Waals surface area contributed by atoms with E-state index in [-0.39, 0.29) is 12.5 Å². The smallest absolute Gasteiger partial charge is 0.241 e. The van der Waals surface area contributed by atoms with Crippen molar-refractivity contribution < 1.29 is 9.53 Å². The van der Waals surface area contributed by atoms with E-state index in [1.807, 2.05) is 13.8 Å². The zero-order chi connectivity index (χ0) is 13.5. The van der Waals surface area contributed by atoms with Gasteiger partial charge < -0.3 is 15.0 Å². The Morgan fingerprint density at radius 2 is 2.06 bits per heavy atom. The van der Waals surface area contributed by atoms with Gasteiger partial charge in [0.2, 0.25) is 5.91 Å². The van der Waals surface area contributed by atoms with E-state index < -0.39 is 0 Å². The van der Waals surface area contributed by atoms with E-state index in [0.717, 1.165) is 0 Å². The van der Waals surface area contributed by atoms with Crippen molar-refractivity contribution in [3.05, 3.63) is 23.2 Å². The van der Waals surface area contributed by atoms with Gasteiger partial charge in [0.15, 0.2) is 0 Å². The Kier molecular flexibility index (Phi) is 5.78. The van der Waals surface area contributed by atoms with Gasteiger partial charge in [0.1, 0.15) is 5.75 Å². The van der Waals surface area contributed by atoms with Crippen molar-refractivity contribution in [2.45, 2.75) is 13.8 Å². The highest BCUT2D eigenvalue weighted by Crippen LogP contribution is 2.26. The summed E-state index contributed by atoms with van der Waals surface area (Å²) in [6.45, 7) is 5.57. The highest BCUT2D eigenvalue weighted by Gasteiger charge is 2.10. The van der Waals surface area contributed by atoms with Gasteiger partial charge in [-0.15, -0.1) is 0 Å². The Morgan fingerprint density at radius 3 is 2.61 bits per heavy atom. The van der Waals surface area contributed by atoms with E-state index >= 15 is 0 Å². The monoisotopic (exact) mass is 270 g/mol. The molecule has 0 spiro atoms. The highest BCUT2D eigenvalue weighted by atomic mass is 35.5. The van der Waals surface area contributed by atoms with E-state index in [2.05, 4.69) is 5.32 Å². The maximum absolute atomic E-state index is 11.8. The third-order valence-corrected chi connectivity index (χ3v) is 3.05. The first kappa shape index (κ1) is 14.6. The predicted octanol–water partition coefficient (Wildman–Crippen LogP) is 2.63. The van der Waals surface area contributed by atoms with Crippen LogP contribution in [0.25, 0.3) is 0 Å². The maximum atomic E-state index is 11.8. The molecule has 18 heavy (non-hydrogen) atoms. The molecule has 0 aliphatic heterocycles. The number of hydrogen-bond donors (Lipinski definition) is 1. The molecule has 1 N–H and O–H groups in total. The Balaban J connectivity index is 2.65. The number of nitrogens with zero attached hydrogens (tertiary/aromatic N) is 1. The molecule has 100 valence electrons. The number of methoxy groups -OCH3 is 1. The minimum atomic E-state index is 0.0545. The van der Waals surface area contributed by atoms with Gasteiger partial charge in [0.05, 0.1) is 24.4 Å². The lowest BCUT2D eigenvalue weighted by Gasteiger charge is -2.19. The summed E-state index contributed by atoms with van der Waals surface area (Å²) < 4.78 is 5.11. The molecule has 0 aromatic heterocycles. The third kappa shape index (κ3) is 3.81. The molecule has 1 aromatic carbocycles. The van der Waals surface area contributed by atoms with Gasteiger partial charge in [-0.3, -0.25) is 4.79 Å². The zero-order valence-electron chi connectivity index (χ0n) is 11.0. The lowest BCUT2D eigenvalue weighted by atomic mass is 10.3. The summed E-state index contributed by atoms with van der Waals surface area (Å²) in [5.41, 5.74) is 0.705. The molecule has 0 aliphatic rings. The number of nitrogens with one attached hydrogen (secondary N) is 1. The second-order valence-corrected chi connectivity index (χ2v) is 4.17. The number of carbonyl (C=O) groups excluding carboxylic acids is 1. The van der Waals surface area contributed by atoms with Crippen LogP contribution in [0.2, 0.25) is 5.02 Å². The van der Waals surface area contributed by atoms with Crippen LogP contribution in [-0.2, 0) is 4.79 Å². The number of carbonyl (C=O) groups is 1. The molecule has 0 atom stereocenters. The fraction of sp³-hybridized carbons (Fsp3) is 0.462. The summed E-state index contributed by atoms with van der Waals surface area (Å²) in [7, 11) is 1.59. The lowest BCUT2D eigenvalue weighted by Crippen LogP contribution is -2.35. The molecule has 1 amide bonds. The Hall–Kier alpha value is -1.42. The summed E-state index contributed by atoms with van der Waals surface area (Å²) >= 11 is 6.04. The van der Waals surface area contributed by atoms with Crippen molar-refractivity contribution in [3.8, 4) is 5.75 Å². The molecule has 0 unspecified atom stereocenters. The molecular formula is C13H19ClN2O2. The first-order valence-electron chi connectivity index (χ1n) is 5.97. The molecule has 1 rings (SSSR count). The maximum Gasteiger partial charge on any atom is 0.241 e. The van der Waals surface area contributed by atoms with Crippen LogP contribution in [0.4, 0.5) is 5.69 Å². The highest BCUT2D eigenvalue weighted by molar-refractivity contribution is 6.33. The molecule has 0 aliphatic carbocycles. The van der Waals surface area contributed by atoms with E-state index in [0.29, 0.717) is 29.5 Å². The molecule has 5 heteroatoms. The van der Waals surface area contributed by atoms with Crippen LogP contribution in [0.15, 0.2) is 18.2 Å². The van der Waals surface area contributed by atoms with Crippen LogP contribution in [-0.4, -0.2) is 37.6 Å². The summed E-state index contributed by atoms with van der Waals surface area (Å²) in [5, 5.41) is 3.61. The molecular weight excluding hydrogens is 252 g/mol. The third-order valence-electron chi connectivity index (χ3n) is 2.72. The van der Waals surface area contributed by atoms with Crippen LogP contribution in [0.1, 0.15) is 13.8 Å². The molecule has 0 saturated carbocycles. The van der Waals surface area contributed by atoms with Crippen molar-refractivity contribution in [2.75, 3.05) is 32.1 Å². The second kappa shape index (κ2) is 7.11. The van der Waals surface area contributed by atoms with Crippen molar-refractivity contribution in [1.82, 2.24) is 4.90 Å². The van der Waals surface area contributed by atoms with Crippen LogP contribution >= 0.6 is 11.6 Å². The molecule has 1 aromatic rings. The van der Waals surface area contributed by atoms with E-state index in [1.165, 1.54) is 0 Å². The quantitative estimate of drug-likeness (QED) is 0.864. The first-order chi connectivity index (χ1) is 8.62. The van der Waals surface area contributed by atoms with Crippen LogP contribution in [0.3, 0.4) is 0 Å². The number of likely N-dealkylation sites (N-methyl/N-ethyl adjacent to an activating group) is 1. The number of benzene rings is 1. The number of rotatable bonds is 6. The standard InChI is InChI=1S/C13H19ClN2O2/c1-4-16(5-2)13(17)9-15-12-8-10(18-3)6-7-11(12)14/h6-8,15H,4-5,9H2,1-3H3. The molecule has 4 nitrogen and oxygen atoms in total. The molecule has 0 fully saturated rings. The van der Waals surface area contributed by atoms with Gasteiger partial charge >= 0.3 is 0 Å². The van der Waals surface area contributed by atoms with Crippen LogP contribution in [0, 0.1) is 0 Å². The van der Waals surface area contributed by atoms with E-state index in [4.69, 9.17) is 16.3 Å². The minimum absolute atomic E-state index is 0.0545. The average Bonchev–Trinajstić information content (AvgIpc) is 2.39. The van der Waals surface area contributed by atoms with Gasteiger partial charge in [-0.05, 0) is 26.0 Å². The number of anilines is 1. The molecule has 0 bridgehead atoms. The average molecular weight is 271 g/mol. The predicted molar refractivity (Wildman–Crippen MR) is 74.4 cm³/mol. The Bertz CT molecular complexity index is 406. The van der Waals surface area contributed by atoms with Gasteiger partial charge in [-0.1, -0.05) is 11.6 Å². The van der Waals surface area contributed by atoms with E-state index in [1.54, 1.807) is 30.2 Å².